The highest BCUT2D eigenvalue weighted by Gasteiger charge is 2.30. The van der Waals surface area contributed by atoms with Crippen LogP contribution in [-0.4, -0.2) is 0 Å². The fourth-order valence-electron chi connectivity index (χ4n) is 5.69. The van der Waals surface area contributed by atoms with E-state index in [4.69, 9.17) is 0 Å². The lowest BCUT2D eigenvalue weighted by Crippen LogP contribution is -2.22. The number of benzene rings is 3. The lowest BCUT2D eigenvalue weighted by Gasteiger charge is -2.34. The van der Waals surface area contributed by atoms with Crippen molar-refractivity contribution in [1.29, 1.82) is 0 Å². The van der Waals surface area contributed by atoms with Crippen LogP contribution in [0.2, 0.25) is 0 Å². The first-order valence-corrected chi connectivity index (χ1v) is 14.0. The van der Waals surface area contributed by atoms with Crippen LogP contribution in [0.4, 0.5) is 17.1 Å². The second kappa shape index (κ2) is 11.9. The number of hydrogen-bond acceptors (Lipinski definition) is 1. The molecule has 0 amide bonds. The molecule has 1 heteroatoms. The van der Waals surface area contributed by atoms with Gasteiger partial charge in [0.15, 0.2) is 0 Å². The molecule has 0 spiro atoms. The summed E-state index contributed by atoms with van der Waals surface area (Å²) in [4.78, 5) is 2.36. The van der Waals surface area contributed by atoms with E-state index in [1.165, 1.54) is 50.5 Å². The molecular weight excluding hydrogens is 458 g/mol. The fourth-order valence-corrected chi connectivity index (χ4v) is 5.69. The van der Waals surface area contributed by atoms with Crippen molar-refractivity contribution in [1.82, 2.24) is 0 Å². The molecule has 3 aromatic rings. The molecule has 0 bridgehead atoms. The van der Waals surface area contributed by atoms with E-state index in [1.54, 1.807) is 0 Å². The van der Waals surface area contributed by atoms with Gasteiger partial charge in [-0.1, -0.05) is 95.0 Å². The third kappa shape index (κ3) is 5.78. The van der Waals surface area contributed by atoms with Crippen molar-refractivity contribution in [2.24, 2.45) is 17.8 Å². The van der Waals surface area contributed by atoms with Crippen LogP contribution in [0.1, 0.15) is 57.2 Å². The molecule has 0 aromatic heterocycles. The van der Waals surface area contributed by atoms with E-state index in [0.717, 1.165) is 0 Å². The van der Waals surface area contributed by atoms with Crippen molar-refractivity contribution in [3.05, 3.63) is 137 Å². The van der Waals surface area contributed by atoms with Crippen molar-refractivity contribution in [3.63, 3.8) is 0 Å². The highest BCUT2D eigenvalue weighted by Crippen LogP contribution is 2.44. The number of anilines is 3. The molecule has 0 saturated carbocycles. The number of hydrogen-bond donors (Lipinski definition) is 0. The first-order valence-electron chi connectivity index (χ1n) is 14.0. The molecule has 0 fully saturated rings. The summed E-state index contributed by atoms with van der Waals surface area (Å²) in [5, 5.41) is 0. The van der Waals surface area contributed by atoms with Crippen LogP contribution in [-0.2, 0) is 0 Å². The molecule has 4 rings (SSSR count). The number of nitrogens with zero attached hydrogens (tertiary/aromatic N) is 1. The largest absolute Gasteiger partial charge is 0.310 e. The van der Waals surface area contributed by atoms with Crippen LogP contribution in [0.15, 0.2) is 120 Å². The highest BCUT2D eigenvalue weighted by atomic mass is 15.1. The molecule has 2 atom stereocenters. The van der Waals surface area contributed by atoms with E-state index in [0.29, 0.717) is 23.7 Å². The van der Waals surface area contributed by atoms with Gasteiger partial charge in [-0.25, -0.2) is 0 Å². The molecule has 0 N–H and O–H groups in total. The third-order valence-corrected chi connectivity index (χ3v) is 7.73. The lowest BCUT2D eigenvalue weighted by molar-refractivity contribution is 0.419. The molecule has 196 valence electrons. The topological polar surface area (TPSA) is 3.24 Å². The smallest absolute Gasteiger partial charge is 0.0464 e. The van der Waals surface area contributed by atoms with Crippen molar-refractivity contribution < 1.29 is 0 Å². The minimum absolute atomic E-state index is 0.347. The Labute approximate surface area is 230 Å². The summed E-state index contributed by atoms with van der Waals surface area (Å²) in [5.74, 6) is 1.75. The highest BCUT2D eigenvalue weighted by molar-refractivity contribution is 5.77. The summed E-state index contributed by atoms with van der Waals surface area (Å²) in [6, 6.07) is 26.8. The van der Waals surface area contributed by atoms with Gasteiger partial charge in [0.05, 0.1) is 0 Å². The summed E-state index contributed by atoms with van der Waals surface area (Å²) in [6.07, 6.45) is 9.24. The van der Waals surface area contributed by atoms with Crippen molar-refractivity contribution >= 4 is 17.1 Å². The second-order valence-electron chi connectivity index (χ2n) is 11.3. The molecule has 0 saturated heterocycles. The summed E-state index contributed by atoms with van der Waals surface area (Å²) in [7, 11) is 0. The van der Waals surface area contributed by atoms with E-state index in [2.05, 4.69) is 151 Å². The number of rotatable bonds is 8. The minimum Gasteiger partial charge on any atom is -0.310 e. The van der Waals surface area contributed by atoms with E-state index < -0.39 is 0 Å². The van der Waals surface area contributed by atoms with Gasteiger partial charge in [-0.3, -0.25) is 0 Å². The van der Waals surface area contributed by atoms with Crippen LogP contribution < -0.4 is 4.90 Å². The zero-order valence-corrected chi connectivity index (χ0v) is 24.2. The van der Waals surface area contributed by atoms with Gasteiger partial charge in [0, 0.05) is 23.0 Å². The maximum absolute atomic E-state index is 4.09. The van der Waals surface area contributed by atoms with Crippen molar-refractivity contribution in [2.45, 2.75) is 54.4 Å². The molecule has 0 aliphatic heterocycles. The van der Waals surface area contributed by atoms with Gasteiger partial charge in [-0.2, -0.15) is 0 Å². The normalized spacial score (nSPS) is 17.9. The summed E-state index contributed by atoms with van der Waals surface area (Å²) >= 11 is 0. The van der Waals surface area contributed by atoms with Gasteiger partial charge in [0.1, 0.15) is 0 Å². The molecule has 2 unspecified atom stereocenters. The van der Waals surface area contributed by atoms with Crippen LogP contribution in [0, 0.1) is 31.6 Å². The molecule has 0 heterocycles. The Morgan fingerprint density at radius 1 is 0.789 bits per heavy atom. The quantitative estimate of drug-likeness (QED) is 0.277. The Balaban J connectivity index is 1.78. The molecule has 38 heavy (non-hydrogen) atoms. The molecule has 1 aliphatic rings. The van der Waals surface area contributed by atoms with Gasteiger partial charge in [-0.15, -0.1) is 0 Å². The van der Waals surface area contributed by atoms with Gasteiger partial charge in [0.2, 0.25) is 0 Å². The number of allylic oxidation sites excluding steroid dienone is 7. The molecular formula is C37H43N. The van der Waals surface area contributed by atoms with Crippen molar-refractivity contribution in [2.75, 3.05) is 4.90 Å². The van der Waals surface area contributed by atoms with Crippen LogP contribution in [0.3, 0.4) is 0 Å². The Bertz CT molecular complexity index is 1320. The van der Waals surface area contributed by atoms with Crippen LogP contribution in [0.5, 0.6) is 0 Å². The van der Waals surface area contributed by atoms with E-state index >= 15 is 0 Å². The minimum atomic E-state index is 0.347. The Hall–Kier alpha value is -3.58. The maximum atomic E-state index is 4.09. The van der Waals surface area contributed by atoms with E-state index in [9.17, 15) is 0 Å². The Morgan fingerprint density at radius 2 is 1.37 bits per heavy atom. The monoisotopic (exact) mass is 501 g/mol. The average Bonchev–Trinajstić information content (AvgIpc) is 2.89. The van der Waals surface area contributed by atoms with Gasteiger partial charge >= 0.3 is 0 Å². The Morgan fingerprint density at radius 3 is 1.82 bits per heavy atom. The van der Waals surface area contributed by atoms with Crippen LogP contribution >= 0.6 is 0 Å². The summed E-state index contributed by atoms with van der Waals surface area (Å²) in [5.41, 5.74) is 11.4. The summed E-state index contributed by atoms with van der Waals surface area (Å²) < 4.78 is 0. The fraction of sp³-hybridized carbons (Fsp3) is 0.297. The number of aryl methyl sites for hydroxylation is 2. The Kier molecular flexibility index (Phi) is 8.57. The zero-order chi connectivity index (χ0) is 27.4. The van der Waals surface area contributed by atoms with Crippen LogP contribution in [0.25, 0.3) is 0 Å². The lowest BCUT2D eigenvalue weighted by atomic mass is 9.70. The molecule has 3 aromatic carbocycles. The predicted molar refractivity (Wildman–Crippen MR) is 167 cm³/mol. The summed E-state index contributed by atoms with van der Waals surface area (Å²) in [6.45, 7) is 19.8. The van der Waals surface area contributed by atoms with E-state index in [1.807, 2.05) is 6.08 Å². The average molecular weight is 502 g/mol. The molecule has 1 nitrogen and oxygen atoms in total. The predicted octanol–water partition coefficient (Wildman–Crippen LogP) is 10.8. The molecule has 1 aliphatic carbocycles. The first kappa shape index (κ1) is 27.5. The third-order valence-electron chi connectivity index (χ3n) is 7.73. The van der Waals surface area contributed by atoms with Gasteiger partial charge in [0.25, 0.3) is 0 Å². The maximum Gasteiger partial charge on any atom is 0.0464 e. The molecule has 0 radical (unpaired) electrons. The first-order chi connectivity index (χ1) is 18.2. The SMILES string of the molecule is C=C/C(=C\C)C1=CC(C(C)C)C(c2ccc(N(c3cccc(C)c3)c3cccc(C)c3)cc2)C=C1C(C)C. The van der Waals surface area contributed by atoms with E-state index in [-0.39, 0.29) is 0 Å². The second-order valence-corrected chi connectivity index (χ2v) is 11.3. The van der Waals surface area contributed by atoms with Gasteiger partial charge in [-0.05, 0) is 108 Å². The van der Waals surface area contributed by atoms with Crippen molar-refractivity contribution in [3.8, 4) is 0 Å². The van der Waals surface area contributed by atoms with Gasteiger partial charge < -0.3 is 4.90 Å². The zero-order valence-electron chi connectivity index (χ0n) is 24.2. The standard InChI is InChI=1S/C37H43N/c1-9-29(10-2)36-23-35(26(5)6)37(24-34(36)25(3)4)30-17-19-31(20-18-30)38(32-15-11-13-27(7)21-32)33-16-12-14-28(8)22-33/h9-26,35,37H,1H2,2-8H3/b29-10+.